The highest BCUT2D eigenvalue weighted by Gasteiger charge is 2.59. The second-order valence-electron chi connectivity index (χ2n) is 10.6. The van der Waals surface area contributed by atoms with Crippen molar-refractivity contribution in [2.24, 2.45) is 35.0 Å². The van der Waals surface area contributed by atoms with Gasteiger partial charge in [-0.15, -0.1) is 0 Å². The van der Waals surface area contributed by atoms with Gasteiger partial charge in [0.1, 0.15) is 11.9 Å². The molecule has 7 atom stereocenters. The number of esters is 1. The number of rotatable bonds is 4. The highest BCUT2D eigenvalue weighted by atomic mass is 16.6. The first-order chi connectivity index (χ1) is 15.0. The van der Waals surface area contributed by atoms with Crippen LogP contribution in [-0.2, 0) is 14.3 Å². The number of hydrogen-bond donors (Lipinski definition) is 0. The maximum atomic E-state index is 12.6. The maximum Gasteiger partial charge on any atom is 0.344 e. The van der Waals surface area contributed by atoms with Gasteiger partial charge < -0.3 is 9.47 Å². The molecule has 1 aromatic carbocycles. The highest BCUT2D eigenvalue weighted by molar-refractivity contribution is 5.91. The van der Waals surface area contributed by atoms with Gasteiger partial charge in [0.05, 0.1) is 0 Å². The summed E-state index contributed by atoms with van der Waals surface area (Å²) < 4.78 is 11.6. The number of allylic oxidation sites excluding steroid dienone is 1. The summed E-state index contributed by atoms with van der Waals surface area (Å²) in [5.74, 6) is 3.93. The molecule has 5 rings (SSSR count). The Morgan fingerprint density at radius 2 is 1.94 bits per heavy atom. The Morgan fingerprint density at radius 1 is 1.13 bits per heavy atom. The molecule has 0 unspecified atom stereocenters. The molecule has 0 bridgehead atoms. The van der Waals surface area contributed by atoms with Crippen molar-refractivity contribution in [1.29, 1.82) is 0 Å². The lowest BCUT2D eigenvalue weighted by molar-refractivity contribution is -0.162. The summed E-state index contributed by atoms with van der Waals surface area (Å²) in [6.07, 6.45) is 9.19. The van der Waals surface area contributed by atoms with E-state index in [0.717, 1.165) is 38.5 Å². The van der Waals surface area contributed by atoms with Gasteiger partial charge in [0, 0.05) is 11.8 Å². The van der Waals surface area contributed by atoms with Gasteiger partial charge in [-0.2, -0.15) is 0 Å². The van der Waals surface area contributed by atoms with Gasteiger partial charge in [-0.3, -0.25) is 4.79 Å². The Labute approximate surface area is 185 Å². The molecule has 1 aromatic rings. The van der Waals surface area contributed by atoms with Crippen LogP contribution < -0.4 is 4.74 Å². The molecule has 0 amide bonds. The first-order valence-electron chi connectivity index (χ1n) is 12.1. The zero-order valence-corrected chi connectivity index (χ0v) is 18.7. The van der Waals surface area contributed by atoms with E-state index in [4.69, 9.17) is 9.47 Å². The van der Waals surface area contributed by atoms with Gasteiger partial charge >= 0.3 is 5.97 Å². The van der Waals surface area contributed by atoms with E-state index in [1.54, 1.807) is 0 Å². The predicted octanol–water partition coefficient (Wildman–Crippen LogP) is 5.37. The van der Waals surface area contributed by atoms with Crippen LogP contribution in [0.1, 0.15) is 58.8 Å². The zero-order valence-electron chi connectivity index (χ0n) is 18.7. The van der Waals surface area contributed by atoms with Crippen LogP contribution in [-0.4, -0.2) is 24.5 Å². The topological polar surface area (TPSA) is 52.6 Å². The van der Waals surface area contributed by atoms with E-state index in [2.05, 4.69) is 13.8 Å². The Bertz CT molecular complexity index is 874. The molecule has 3 saturated carbocycles. The minimum Gasteiger partial charge on any atom is -0.482 e. The van der Waals surface area contributed by atoms with Gasteiger partial charge in [0.2, 0.25) is 0 Å². The van der Waals surface area contributed by atoms with Crippen molar-refractivity contribution in [3.63, 3.8) is 0 Å². The second kappa shape index (κ2) is 8.11. The van der Waals surface area contributed by atoms with Gasteiger partial charge in [-0.1, -0.05) is 37.6 Å². The molecule has 166 valence electrons. The zero-order chi connectivity index (χ0) is 21.6. The van der Waals surface area contributed by atoms with Crippen LogP contribution in [0, 0.1) is 35.0 Å². The van der Waals surface area contributed by atoms with E-state index in [-0.39, 0.29) is 24.1 Å². The fourth-order valence-corrected chi connectivity index (χ4v) is 7.59. The standard InChI is InChI=1S/C27H34O4/c1-17-14-18-15-19(28)8-9-21(18)22-12-13-27(2)23(26(17)22)10-11-24(27)31-25(29)16-30-20-6-4-3-5-7-20/h3-7,15,17,21-24,26H,8-14,16H2,1-2H3/t17-,21+,22-,23+,24+,26-,27+/m1/s1. The molecule has 0 aliphatic heterocycles. The Morgan fingerprint density at radius 3 is 2.74 bits per heavy atom. The number of fused-ring (bicyclic) bond motifs is 5. The fourth-order valence-electron chi connectivity index (χ4n) is 7.59. The van der Waals surface area contributed by atoms with E-state index >= 15 is 0 Å². The molecule has 0 heterocycles. The number of ketones is 1. The summed E-state index contributed by atoms with van der Waals surface area (Å²) in [5.41, 5.74) is 1.48. The van der Waals surface area contributed by atoms with Crippen LogP contribution in [0.5, 0.6) is 5.75 Å². The Hall–Kier alpha value is -2.10. The van der Waals surface area contributed by atoms with Crippen LogP contribution in [0.25, 0.3) is 0 Å². The van der Waals surface area contributed by atoms with Crippen LogP contribution in [0.4, 0.5) is 0 Å². The highest BCUT2D eigenvalue weighted by Crippen LogP contribution is 2.63. The molecule has 4 nitrogen and oxygen atoms in total. The molecule has 4 aliphatic rings. The largest absolute Gasteiger partial charge is 0.482 e. The first-order valence-corrected chi connectivity index (χ1v) is 12.1. The van der Waals surface area contributed by atoms with Crippen LogP contribution >= 0.6 is 0 Å². The van der Waals surface area contributed by atoms with Gasteiger partial charge in [-0.25, -0.2) is 4.79 Å². The van der Waals surface area contributed by atoms with E-state index in [0.29, 0.717) is 41.1 Å². The smallest absolute Gasteiger partial charge is 0.344 e. The minimum absolute atomic E-state index is 0.0117. The summed E-state index contributed by atoms with van der Waals surface area (Å²) in [6.45, 7) is 4.71. The summed E-state index contributed by atoms with van der Waals surface area (Å²) in [6, 6.07) is 9.43. The van der Waals surface area contributed by atoms with Gasteiger partial charge in [-0.05, 0) is 86.3 Å². The second-order valence-corrected chi connectivity index (χ2v) is 10.6. The molecule has 4 heteroatoms. The monoisotopic (exact) mass is 422 g/mol. The Kier molecular flexibility index (Phi) is 5.44. The number of carbonyl (C=O) groups excluding carboxylic acids is 2. The number of ether oxygens (including phenoxy) is 2. The minimum atomic E-state index is -0.259. The molecular formula is C27H34O4. The third kappa shape index (κ3) is 3.72. The lowest BCUT2D eigenvalue weighted by Crippen LogP contribution is -2.51. The van der Waals surface area contributed by atoms with Crippen LogP contribution in [0.15, 0.2) is 42.0 Å². The predicted molar refractivity (Wildman–Crippen MR) is 118 cm³/mol. The number of para-hydroxylation sites is 1. The molecule has 0 spiro atoms. The first kappa shape index (κ1) is 20.8. The van der Waals surface area contributed by atoms with Crippen molar-refractivity contribution in [1.82, 2.24) is 0 Å². The van der Waals surface area contributed by atoms with Gasteiger partial charge in [0.25, 0.3) is 0 Å². The molecule has 0 N–H and O–H groups in total. The van der Waals surface area contributed by atoms with Crippen molar-refractivity contribution in [2.75, 3.05) is 6.61 Å². The molecule has 3 fully saturated rings. The van der Waals surface area contributed by atoms with E-state index in [9.17, 15) is 9.59 Å². The molecule has 0 aromatic heterocycles. The van der Waals surface area contributed by atoms with Crippen molar-refractivity contribution in [3.8, 4) is 5.75 Å². The lowest BCUT2D eigenvalue weighted by Gasteiger charge is -2.55. The third-order valence-corrected chi connectivity index (χ3v) is 8.93. The summed E-state index contributed by atoms with van der Waals surface area (Å²) in [7, 11) is 0. The molecule has 4 aliphatic carbocycles. The van der Waals surface area contributed by atoms with E-state index < -0.39 is 0 Å². The fraction of sp³-hybridized carbons (Fsp3) is 0.630. The SMILES string of the molecule is C[C@@H]1CC2=CC(=O)CC[C@@H]2[C@H]2CC[C@]3(C)[C@@H](OC(=O)COc4ccccc4)CC[C@H]3[C@@H]21. The average molecular weight is 423 g/mol. The van der Waals surface area contributed by atoms with Crippen LogP contribution in [0.3, 0.4) is 0 Å². The average Bonchev–Trinajstić information content (AvgIpc) is 3.08. The van der Waals surface area contributed by atoms with Crippen molar-refractivity contribution < 1.29 is 19.1 Å². The number of benzene rings is 1. The van der Waals surface area contributed by atoms with E-state index in [1.165, 1.54) is 12.0 Å². The lowest BCUT2D eigenvalue weighted by atomic mass is 9.49. The maximum absolute atomic E-state index is 12.6. The van der Waals surface area contributed by atoms with Crippen molar-refractivity contribution in [3.05, 3.63) is 42.0 Å². The summed E-state index contributed by atoms with van der Waals surface area (Å²) in [5, 5.41) is 0. The van der Waals surface area contributed by atoms with Gasteiger partial charge in [0.15, 0.2) is 12.4 Å². The number of hydrogen-bond acceptors (Lipinski definition) is 4. The third-order valence-electron chi connectivity index (χ3n) is 8.93. The van der Waals surface area contributed by atoms with Crippen molar-refractivity contribution in [2.45, 2.75) is 64.9 Å². The van der Waals surface area contributed by atoms with E-state index in [1.807, 2.05) is 36.4 Å². The number of carbonyl (C=O) groups is 2. The quantitative estimate of drug-likeness (QED) is 0.613. The molecule has 0 radical (unpaired) electrons. The molecule has 31 heavy (non-hydrogen) atoms. The molecule has 0 saturated heterocycles. The van der Waals surface area contributed by atoms with Crippen molar-refractivity contribution >= 4 is 11.8 Å². The summed E-state index contributed by atoms with van der Waals surface area (Å²) >= 11 is 0. The molecular weight excluding hydrogens is 388 g/mol. The normalized spacial score (nSPS) is 39.0. The van der Waals surface area contributed by atoms with Crippen LogP contribution in [0.2, 0.25) is 0 Å². The Balaban J connectivity index is 1.27. The summed E-state index contributed by atoms with van der Waals surface area (Å²) in [4.78, 5) is 24.5.